The van der Waals surface area contributed by atoms with E-state index in [1.807, 2.05) is 60.7 Å². The maximum absolute atomic E-state index is 9.26. The Morgan fingerprint density at radius 3 is 1.70 bits per heavy atom. The molecule has 0 unspecified atom stereocenters. The van der Waals surface area contributed by atoms with Crippen molar-refractivity contribution in [3.8, 4) is 0 Å². The number of benzene rings is 4. The molecule has 224 valence electrons. The Kier molecular flexibility index (Phi) is 8.27. The van der Waals surface area contributed by atoms with Gasteiger partial charge in [0.1, 0.15) is 10.3 Å². The Hall–Kier alpha value is -4.97. The number of allylic oxidation sites excluding steroid dienone is 2. The Balaban J connectivity index is 0.000000147. The van der Waals surface area contributed by atoms with Crippen LogP contribution in [-0.2, 0) is 26.0 Å². The Morgan fingerprint density at radius 2 is 1.17 bits per heavy atom. The second-order valence-electron chi connectivity index (χ2n) is 11.3. The van der Waals surface area contributed by atoms with Crippen molar-refractivity contribution in [1.29, 1.82) is 0 Å². The topological polar surface area (TPSA) is 94.8 Å². The van der Waals surface area contributed by atoms with E-state index >= 15 is 0 Å². The molecule has 2 aliphatic carbocycles. The zero-order valence-electron chi connectivity index (χ0n) is 24.7. The van der Waals surface area contributed by atoms with Gasteiger partial charge >= 0.3 is 0 Å². The van der Waals surface area contributed by atoms with Crippen molar-refractivity contribution in [2.24, 2.45) is 5.11 Å². The van der Waals surface area contributed by atoms with Gasteiger partial charge in [-0.3, -0.25) is 0 Å². The van der Waals surface area contributed by atoms with E-state index in [0.29, 0.717) is 16.9 Å². The van der Waals surface area contributed by atoms with Gasteiger partial charge in [0.05, 0.1) is 24.2 Å². The highest BCUT2D eigenvalue weighted by atomic mass is 35.5. The van der Waals surface area contributed by atoms with Crippen molar-refractivity contribution in [2.75, 3.05) is 0 Å². The lowest BCUT2D eigenvalue weighted by molar-refractivity contribution is 0.282. The van der Waals surface area contributed by atoms with Gasteiger partial charge in [0.2, 0.25) is 0 Å². The third kappa shape index (κ3) is 6.00. The van der Waals surface area contributed by atoms with Crippen LogP contribution < -0.4 is 0 Å². The van der Waals surface area contributed by atoms with Crippen LogP contribution in [0, 0.1) is 0 Å². The number of para-hydroxylation sites is 2. The molecule has 0 spiro atoms. The molecule has 0 radical (unpaired) electrons. The van der Waals surface area contributed by atoms with Gasteiger partial charge in [0.25, 0.3) is 0 Å². The second-order valence-corrected chi connectivity index (χ2v) is 12.1. The minimum atomic E-state index is 0.0642. The van der Waals surface area contributed by atoms with Crippen LogP contribution >= 0.6 is 23.2 Å². The molecule has 0 bridgehead atoms. The van der Waals surface area contributed by atoms with Crippen LogP contribution in [0.1, 0.15) is 44.5 Å². The molecule has 6 aromatic rings. The number of aliphatic hydroxyl groups excluding tert-OH is 1. The van der Waals surface area contributed by atoms with E-state index < -0.39 is 0 Å². The molecule has 1 N–H and O–H groups in total. The SMILES string of the molecule is OCc1ccc2c(c1)C=C(c1cc3ccccc3nc1Cl)C2.[N-]=[N+]=NCc1ccc2c(c1)C=C(c1cc3ccccc3nc1Cl)C2. The lowest BCUT2D eigenvalue weighted by Gasteiger charge is -2.07. The molecule has 0 atom stereocenters. The van der Waals surface area contributed by atoms with Crippen LogP contribution in [0.5, 0.6) is 0 Å². The number of nitrogens with zero attached hydrogens (tertiary/aromatic N) is 5. The fourth-order valence-corrected chi connectivity index (χ4v) is 6.59. The fraction of sp³-hybridized carbons (Fsp3) is 0.105. The number of pyridine rings is 2. The summed E-state index contributed by atoms with van der Waals surface area (Å²) >= 11 is 12.8. The standard InChI is InChI=1S/C19H13ClN4.C19H14ClNO/c20-19-17(10-14-3-1-2-4-18(14)23-19)16-8-13-6-5-12(11-22-24-21)7-15(13)9-16;20-19-17(10-14-3-1-2-4-18(14)21-19)16-8-13-6-5-12(11-22)7-15(13)9-16/h1-7,9-10H,8,11H2;1-7,9-10,22H,8,11H2. The van der Waals surface area contributed by atoms with Crippen molar-refractivity contribution in [3.05, 3.63) is 162 Å². The first-order valence-electron chi connectivity index (χ1n) is 14.9. The van der Waals surface area contributed by atoms with Crippen molar-refractivity contribution in [2.45, 2.75) is 26.0 Å². The molecule has 2 heterocycles. The van der Waals surface area contributed by atoms with E-state index in [1.165, 1.54) is 16.7 Å². The fourth-order valence-electron chi connectivity index (χ4n) is 6.06. The van der Waals surface area contributed by atoms with Crippen LogP contribution in [0.2, 0.25) is 10.3 Å². The number of halogens is 2. The van der Waals surface area contributed by atoms with E-state index in [4.69, 9.17) is 28.7 Å². The highest BCUT2D eigenvalue weighted by Gasteiger charge is 2.19. The molecule has 2 aromatic heterocycles. The predicted octanol–water partition coefficient (Wildman–Crippen LogP) is 10.3. The summed E-state index contributed by atoms with van der Waals surface area (Å²) < 4.78 is 0. The van der Waals surface area contributed by atoms with Crippen LogP contribution in [-0.4, -0.2) is 15.1 Å². The smallest absolute Gasteiger partial charge is 0.137 e. The van der Waals surface area contributed by atoms with Gasteiger partial charge in [-0.05, 0) is 93.2 Å². The van der Waals surface area contributed by atoms with E-state index in [2.05, 4.69) is 68.5 Å². The van der Waals surface area contributed by atoms with Gasteiger partial charge in [-0.1, -0.05) is 107 Å². The monoisotopic (exact) mass is 639 g/mol. The summed E-state index contributed by atoms with van der Waals surface area (Å²) in [5.41, 5.74) is 21.3. The number of rotatable bonds is 5. The van der Waals surface area contributed by atoms with Crippen molar-refractivity contribution in [1.82, 2.24) is 9.97 Å². The van der Waals surface area contributed by atoms with Crippen molar-refractivity contribution >= 4 is 68.3 Å². The van der Waals surface area contributed by atoms with Gasteiger partial charge in [-0.2, -0.15) is 0 Å². The molecule has 8 heteroatoms. The third-order valence-corrected chi connectivity index (χ3v) is 8.96. The summed E-state index contributed by atoms with van der Waals surface area (Å²) in [4.78, 5) is 11.8. The quantitative estimate of drug-likeness (QED) is 0.0879. The highest BCUT2D eigenvalue weighted by Crippen LogP contribution is 2.37. The first kappa shape index (κ1) is 29.7. The number of hydrogen-bond acceptors (Lipinski definition) is 4. The molecule has 0 fully saturated rings. The number of azide groups is 1. The molecular formula is C38H27Cl2N5O. The zero-order chi connectivity index (χ0) is 31.6. The van der Waals surface area contributed by atoms with E-state index in [-0.39, 0.29) is 6.61 Å². The molecular weight excluding hydrogens is 613 g/mol. The van der Waals surface area contributed by atoms with Gasteiger partial charge < -0.3 is 5.11 Å². The molecule has 4 aromatic carbocycles. The van der Waals surface area contributed by atoms with Gasteiger partial charge in [-0.15, -0.1) is 0 Å². The molecule has 0 saturated carbocycles. The Labute approximate surface area is 275 Å². The molecule has 8 rings (SSSR count). The molecule has 46 heavy (non-hydrogen) atoms. The maximum atomic E-state index is 9.26. The minimum absolute atomic E-state index is 0.0642. The van der Waals surface area contributed by atoms with Gasteiger partial charge in [0.15, 0.2) is 0 Å². The number of aromatic nitrogens is 2. The summed E-state index contributed by atoms with van der Waals surface area (Å²) in [6.45, 7) is 0.431. The van der Waals surface area contributed by atoms with Crippen LogP contribution in [0.25, 0.3) is 55.5 Å². The Morgan fingerprint density at radius 1 is 0.674 bits per heavy atom. The number of aliphatic hydroxyl groups is 1. The summed E-state index contributed by atoms with van der Waals surface area (Å²) in [5, 5.41) is 16.1. The molecule has 6 nitrogen and oxygen atoms in total. The van der Waals surface area contributed by atoms with Crippen molar-refractivity contribution < 1.29 is 5.11 Å². The zero-order valence-corrected chi connectivity index (χ0v) is 26.2. The summed E-state index contributed by atoms with van der Waals surface area (Å²) in [6, 6.07) is 32.4. The first-order chi connectivity index (χ1) is 22.5. The average molecular weight is 641 g/mol. The summed E-state index contributed by atoms with van der Waals surface area (Å²) in [7, 11) is 0. The minimum Gasteiger partial charge on any atom is -0.392 e. The summed E-state index contributed by atoms with van der Waals surface area (Å²) in [6.07, 6.45) is 5.97. The normalized spacial score (nSPS) is 12.9. The van der Waals surface area contributed by atoms with E-state index in [9.17, 15) is 5.11 Å². The molecule has 0 amide bonds. The average Bonchev–Trinajstić information content (AvgIpc) is 3.70. The third-order valence-electron chi connectivity index (χ3n) is 8.39. The second kappa shape index (κ2) is 12.8. The van der Waals surface area contributed by atoms with Gasteiger partial charge in [0, 0.05) is 26.8 Å². The lowest BCUT2D eigenvalue weighted by atomic mass is 10.0. The van der Waals surface area contributed by atoms with Crippen LogP contribution in [0.4, 0.5) is 0 Å². The number of fused-ring (bicyclic) bond motifs is 4. The van der Waals surface area contributed by atoms with E-state index in [1.54, 1.807) is 0 Å². The highest BCUT2D eigenvalue weighted by molar-refractivity contribution is 6.32. The van der Waals surface area contributed by atoms with Crippen LogP contribution in [0.15, 0.2) is 102 Å². The van der Waals surface area contributed by atoms with E-state index in [0.717, 1.165) is 73.6 Å². The summed E-state index contributed by atoms with van der Waals surface area (Å²) in [5.74, 6) is 0. The molecule has 0 saturated heterocycles. The predicted molar refractivity (Wildman–Crippen MR) is 188 cm³/mol. The molecule has 2 aliphatic rings. The number of hydrogen-bond donors (Lipinski definition) is 1. The maximum Gasteiger partial charge on any atom is 0.137 e. The van der Waals surface area contributed by atoms with Gasteiger partial charge in [-0.25, -0.2) is 9.97 Å². The Bertz CT molecular complexity index is 2270. The largest absolute Gasteiger partial charge is 0.392 e. The molecule has 0 aliphatic heterocycles. The van der Waals surface area contributed by atoms with Crippen molar-refractivity contribution in [3.63, 3.8) is 0 Å². The lowest BCUT2D eigenvalue weighted by Crippen LogP contribution is -1.91. The van der Waals surface area contributed by atoms with Crippen LogP contribution in [0.3, 0.4) is 0 Å². The first-order valence-corrected chi connectivity index (χ1v) is 15.6.